The largest absolute Gasteiger partial charge is 0.409 e. The number of rotatable bonds is 6. The SMILES string of the molecule is [2H]C[C@]1(CO)O[C@@H]([B])[C@@H](O[Si](C)(C)C(C)(C)C)C1OCc1ccccc1. The Labute approximate surface area is 155 Å². The first-order valence-corrected chi connectivity index (χ1v) is 11.6. The van der Waals surface area contributed by atoms with Crippen LogP contribution in [0.3, 0.4) is 0 Å². The Bertz CT molecular complexity index is 575. The highest BCUT2D eigenvalue weighted by molar-refractivity contribution is 6.74. The van der Waals surface area contributed by atoms with Gasteiger partial charge < -0.3 is 19.0 Å². The van der Waals surface area contributed by atoms with Gasteiger partial charge in [-0.05, 0) is 30.6 Å². The Kier molecular flexibility index (Phi) is 5.76. The molecule has 1 unspecified atom stereocenters. The summed E-state index contributed by atoms with van der Waals surface area (Å²) in [5, 5.41) is 9.96. The van der Waals surface area contributed by atoms with Gasteiger partial charge in [-0.3, -0.25) is 0 Å². The Balaban J connectivity index is 2.25. The summed E-state index contributed by atoms with van der Waals surface area (Å²) in [6.45, 7) is 10.6. The number of aliphatic hydroxyl groups excluding tert-OH is 1. The number of hydrogen-bond acceptors (Lipinski definition) is 4. The zero-order valence-corrected chi connectivity index (χ0v) is 17.0. The molecule has 0 aliphatic carbocycles. The summed E-state index contributed by atoms with van der Waals surface area (Å²) >= 11 is 0. The van der Waals surface area contributed by atoms with Crippen LogP contribution < -0.4 is 0 Å². The maximum Gasteiger partial charge on any atom is 0.192 e. The lowest BCUT2D eigenvalue weighted by Crippen LogP contribution is -2.52. The standard InChI is InChI=1S/C19H31BO4Si/c1-18(2,3)25(5,6)24-15-16(19(4,13-21)23-17(15)20)22-12-14-10-8-7-9-11-14/h7-11,15-17,21H,12-13H2,1-6H3/t15-,16?,17+,19+/m0/s1/i4D. The van der Waals surface area contributed by atoms with E-state index in [4.69, 9.17) is 23.1 Å². The van der Waals surface area contributed by atoms with Crippen molar-refractivity contribution in [1.29, 1.82) is 0 Å². The van der Waals surface area contributed by atoms with E-state index >= 15 is 0 Å². The van der Waals surface area contributed by atoms with Gasteiger partial charge in [0.1, 0.15) is 19.6 Å². The molecule has 1 fully saturated rings. The first kappa shape index (κ1) is 19.1. The second-order valence-electron chi connectivity index (χ2n) is 8.37. The van der Waals surface area contributed by atoms with Crippen LogP contribution in [0.5, 0.6) is 0 Å². The molecule has 1 heterocycles. The van der Waals surface area contributed by atoms with Crippen LogP contribution in [0, 0.1) is 0 Å². The van der Waals surface area contributed by atoms with Crippen LogP contribution in [0.2, 0.25) is 18.1 Å². The van der Waals surface area contributed by atoms with E-state index in [0.717, 1.165) is 5.56 Å². The van der Waals surface area contributed by atoms with Gasteiger partial charge in [-0.15, -0.1) is 0 Å². The highest BCUT2D eigenvalue weighted by Crippen LogP contribution is 2.42. The molecule has 1 saturated heterocycles. The molecule has 1 aromatic carbocycles. The molecule has 4 nitrogen and oxygen atoms in total. The van der Waals surface area contributed by atoms with Gasteiger partial charge in [0.25, 0.3) is 0 Å². The lowest BCUT2D eigenvalue weighted by Gasteiger charge is -2.41. The minimum atomic E-state index is -2.13. The number of ether oxygens (including phenoxy) is 2. The molecule has 0 spiro atoms. The summed E-state index contributed by atoms with van der Waals surface area (Å²) in [4.78, 5) is 0. The Morgan fingerprint density at radius 3 is 2.48 bits per heavy atom. The maximum atomic E-state index is 9.95. The summed E-state index contributed by atoms with van der Waals surface area (Å²) in [5.74, 6) is 0. The predicted molar refractivity (Wildman–Crippen MR) is 103 cm³/mol. The van der Waals surface area contributed by atoms with E-state index in [1.54, 1.807) is 0 Å². The van der Waals surface area contributed by atoms with Crippen LogP contribution in [-0.2, 0) is 20.5 Å². The van der Waals surface area contributed by atoms with Gasteiger partial charge in [0, 0.05) is 7.37 Å². The average Bonchev–Trinajstić information content (AvgIpc) is 2.84. The average molecular weight is 363 g/mol. The second kappa shape index (κ2) is 7.53. The van der Waals surface area contributed by atoms with E-state index in [-0.39, 0.29) is 18.5 Å². The van der Waals surface area contributed by atoms with Crippen molar-refractivity contribution in [2.75, 3.05) is 6.61 Å². The summed E-state index contributed by atoms with van der Waals surface area (Å²) < 4.78 is 26.4. The molecule has 0 aromatic heterocycles. The van der Waals surface area contributed by atoms with E-state index < -0.39 is 32.1 Å². The van der Waals surface area contributed by atoms with Gasteiger partial charge in [0.05, 0.1) is 19.3 Å². The van der Waals surface area contributed by atoms with Crippen molar-refractivity contribution in [3.8, 4) is 0 Å². The molecule has 2 rings (SSSR count). The number of hydrogen-bond donors (Lipinski definition) is 1. The van der Waals surface area contributed by atoms with E-state index in [0.29, 0.717) is 6.61 Å². The van der Waals surface area contributed by atoms with Crippen LogP contribution >= 0.6 is 0 Å². The summed E-state index contributed by atoms with van der Waals surface area (Å²) in [6.07, 6.45) is -1.12. The molecule has 4 atom stereocenters. The minimum Gasteiger partial charge on any atom is -0.409 e. The van der Waals surface area contributed by atoms with Crippen molar-refractivity contribution in [2.45, 2.75) is 76.2 Å². The lowest BCUT2D eigenvalue weighted by molar-refractivity contribution is -0.117. The topological polar surface area (TPSA) is 47.9 Å². The highest BCUT2D eigenvalue weighted by atomic mass is 28.4. The fourth-order valence-electron chi connectivity index (χ4n) is 2.66. The quantitative estimate of drug-likeness (QED) is 0.789. The van der Waals surface area contributed by atoms with Crippen molar-refractivity contribution >= 4 is 16.2 Å². The number of benzene rings is 1. The number of aliphatic hydroxyl groups is 1. The van der Waals surface area contributed by atoms with Crippen molar-refractivity contribution < 1.29 is 20.4 Å². The Hall–Kier alpha value is -0.658. The van der Waals surface area contributed by atoms with Crippen LogP contribution in [0.4, 0.5) is 0 Å². The van der Waals surface area contributed by atoms with Gasteiger partial charge in [0.2, 0.25) is 0 Å². The van der Waals surface area contributed by atoms with Gasteiger partial charge >= 0.3 is 0 Å². The molecule has 6 heteroatoms. The third-order valence-corrected chi connectivity index (χ3v) is 9.76. The van der Waals surface area contributed by atoms with E-state index in [2.05, 4.69) is 33.9 Å². The molecule has 25 heavy (non-hydrogen) atoms. The normalized spacial score (nSPS) is 31.1. The third-order valence-electron chi connectivity index (χ3n) is 5.29. The zero-order chi connectivity index (χ0) is 19.6. The lowest BCUT2D eigenvalue weighted by atomic mass is 9.90. The zero-order valence-electron chi connectivity index (χ0n) is 17.0. The highest BCUT2D eigenvalue weighted by Gasteiger charge is 2.54. The molecule has 1 aromatic rings. The molecule has 0 bridgehead atoms. The molecule has 0 amide bonds. The van der Waals surface area contributed by atoms with Crippen LogP contribution in [-0.4, -0.2) is 51.7 Å². The summed E-state index contributed by atoms with van der Waals surface area (Å²) in [6, 6.07) is 9.05. The maximum absolute atomic E-state index is 9.95. The van der Waals surface area contributed by atoms with Crippen LogP contribution in [0.15, 0.2) is 30.3 Å². The van der Waals surface area contributed by atoms with E-state index in [1.807, 2.05) is 30.3 Å². The van der Waals surface area contributed by atoms with Crippen LogP contribution in [0.1, 0.15) is 34.6 Å². The molecule has 0 saturated carbocycles. The van der Waals surface area contributed by atoms with E-state index in [1.165, 1.54) is 0 Å². The fraction of sp³-hybridized carbons (Fsp3) is 0.684. The molecule has 2 radical (unpaired) electrons. The van der Waals surface area contributed by atoms with Crippen molar-refractivity contribution in [2.24, 2.45) is 0 Å². The monoisotopic (exact) mass is 363 g/mol. The predicted octanol–water partition coefficient (Wildman–Crippen LogP) is 3.24. The van der Waals surface area contributed by atoms with Gasteiger partial charge in [0.15, 0.2) is 8.32 Å². The van der Waals surface area contributed by atoms with Gasteiger partial charge in [-0.25, -0.2) is 0 Å². The van der Waals surface area contributed by atoms with Gasteiger partial charge in [-0.1, -0.05) is 51.1 Å². The van der Waals surface area contributed by atoms with Gasteiger partial charge in [-0.2, -0.15) is 0 Å². The fourth-order valence-corrected chi connectivity index (χ4v) is 3.95. The minimum absolute atomic E-state index is 0.00211. The first-order chi connectivity index (χ1) is 12.1. The van der Waals surface area contributed by atoms with Crippen molar-refractivity contribution in [1.82, 2.24) is 0 Å². The molecule has 1 N–H and O–H groups in total. The first-order valence-electron chi connectivity index (χ1n) is 9.44. The molecule has 1 aliphatic heterocycles. The third kappa shape index (κ3) is 4.55. The smallest absolute Gasteiger partial charge is 0.192 e. The Morgan fingerprint density at radius 1 is 1.32 bits per heavy atom. The van der Waals surface area contributed by atoms with Crippen molar-refractivity contribution in [3.05, 3.63) is 35.9 Å². The molecular weight excluding hydrogens is 331 g/mol. The summed E-state index contributed by atoms with van der Waals surface area (Å²) in [5.41, 5.74) is -0.155. The molecular formula is C19H31BO4Si. The van der Waals surface area contributed by atoms with E-state index in [9.17, 15) is 5.11 Å². The Morgan fingerprint density at radius 2 is 1.96 bits per heavy atom. The summed E-state index contributed by atoms with van der Waals surface area (Å²) in [7, 11) is 4.08. The van der Waals surface area contributed by atoms with Crippen molar-refractivity contribution in [3.63, 3.8) is 0 Å². The molecule has 138 valence electrons. The second-order valence-corrected chi connectivity index (χ2v) is 13.1. The molecule has 1 aliphatic rings. The van der Waals surface area contributed by atoms with Crippen LogP contribution in [0.25, 0.3) is 0 Å².